The number of nitrogens with one attached hydrogen (secondary N) is 2. The summed E-state index contributed by atoms with van der Waals surface area (Å²) in [7, 11) is 0. The molecule has 1 aliphatic rings. The molecule has 1 aliphatic heterocycles. The molecule has 1 aromatic carbocycles. The molecule has 1 atom stereocenters. The van der Waals surface area contributed by atoms with Gasteiger partial charge in [-0.05, 0) is 75.5 Å². The van der Waals surface area contributed by atoms with Gasteiger partial charge in [0.25, 0.3) is 5.91 Å². The highest BCUT2D eigenvalue weighted by molar-refractivity contribution is 7.98. The number of nitrogens with zero attached hydrogens (tertiary/aromatic N) is 1. The Balaban J connectivity index is 1.83. The number of hydrogen-bond acceptors (Lipinski definition) is 4. The zero-order valence-electron chi connectivity index (χ0n) is 17.0. The smallest absolute Gasteiger partial charge is 0.253 e. The monoisotopic (exact) mass is 459 g/mol. The Bertz CT molecular complexity index is 667. The Kier molecular flexibility index (Phi) is 11.2. The number of hydrogen-bond donors (Lipinski definition) is 2. The molecule has 1 saturated heterocycles. The fraction of sp³-hybridized carbons (Fsp3) is 0.619. The number of amides is 2. The number of halogens is 2. The molecule has 0 aromatic heterocycles. The lowest BCUT2D eigenvalue weighted by Crippen LogP contribution is -2.47. The normalized spacial score (nSPS) is 16.1. The van der Waals surface area contributed by atoms with Crippen LogP contribution in [0.25, 0.3) is 0 Å². The summed E-state index contributed by atoms with van der Waals surface area (Å²) in [4.78, 5) is 27.7. The molecular weight excluding hydrogens is 429 g/mol. The standard InChI is InChI=1S/C21H31Cl2N3O2S/c1-29-14-9-19(25-20(27)17-8-7-16(22)15-18(17)23)21(28)24-10-6-13-26-11-4-2-3-5-12-26/h7-8,15,19H,2-6,9-14H2,1H3,(H,24,28)(H,25,27). The summed E-state index contributed by atoms with van der Waals surface area (Å²) >= 11 is 13.7. The van der Waals surface area contributed by atoms with Crippen LogP contribution in [0.15, 0.2) is 18.2 Å². The highest BCUT2D eigenvalue weighted by Gasteiger charge is 2.22. The van der Waals surface area contributed by atoms with E-state index in [1.165, 1.54) is 31.7 Å². The van der Waals surface area contributed by atoms with Gasteiger partial charge in [-0.2, -0.15) is 11.8 Å². The molecule has 1 unspecified atom stereocenters. The van der Waals surface area contributed by atoms with Crippen LogP contribution < -0.4 is 10.6 Å². The topological polar surface area (TPSA) is 61.4 Å². The average Bonchev–Trinajstić information content (AvgIpc) is 2.97. The molecule has 162 valence electrons. The fourth-order valence-corrected chi connectivity index (χ4v) is 4.38. The zero-order chi connectivity index (χ0) is 21.1. The minimum atomic E-state index is -0.583. The summed E-state index contributed by atoms with van der Waals surface area (Å²) < 4.78 is 0. The van der Waals surface area contributed by atoms with Gasteiger partial charge in [0.2, 0.25) is 5.91 Å². The summed E-state index contributed by atoms with van der Waals surface area (Å²) in [6.07, 6.45) is 8.64. The molecule has 8 heteroatoms. The van der Waals surface area contributed by atoms with Crippen LogP contribution in [0.1, 0.15) is 48.9 Å². The first-order valence-corrected chi connectivity index (χ1v) is 12.4. The first kappa shape index (κ1) is 24.3. The second-order valence-electron chi connectivity index (χ2n) is 7.33. The third-order valence-electron chi connectivity index (χ3n) is 5.06. The molecule has 5 nitrogen and oxygen atoms in total. The Labute approximate surface area is 188 Å². The number of carbonyl (C=O) groups excluding carboxylic acids is 2. The van der Waals surface area contributed by atoms with E-state index in [2.05, 4.69) is 15.5 Å². The largest absolute Gasteiger partial charge is 0.354 e. The number of carbonyl (C=O) groups is 2. The van der Waals surface area contributed by atoms with Gasteiger partial charge in [0.1, 0.15) is 6.04 Å². The number of benzene rings is 1. The van der Waals surface area contributed by atoms with Crippen molar-refractivity contribution in [3.63, 3.8) is 0 Å². The molecular formula is C21H31Cl2N3O2S. The highest BCUT2D eigenvalue weighted by Crippen LogP contribution is 2.21. The van der Waals surface area contributed by atoms with E-state index >= 15 is 0 Å². The van der Waals surface area contributed by atoms with E-state index in [4.69, 9.17) is 23.2 Å². The molecule has 2 amide bonds. The molecule has 0 aliphatic carbocycles. The zero-order valence-corrected chi connectivity index (χ0v) is 19.3. The Hall–Kier alpha value is -0.950. The van der Waals surface area contributed by atoms with Crippen molar-refractivity contribution in [3.8, 4) is 0 Å². The third kappa shape index (κ3) is 8.75. The quantitative estimate of drug-likeness (QED) is 0.513. The van der Waals surface area contributed by atoms with E-state index in [-0.39, 0.29) is 16.8 Å². The fourth-order valence-electron chi connectivity index (χ4n) is 3.41. The predicted octanol–water partition coefficient (Wildman–Crippen LogP) is 4.23. The van der Waals surface area contributed by atoms with Crippen molar-refractivity contribution < 1.29 is 9.59 Å². The maximum Gasteiger partial charge on any atom is 0.253 e. The first-order valence-electron chi connectivity index (χ1n) is 10.3. The second kappa shape index (κ2) is 13.4. The first-order chi connectivity index (χ1) is 14.0. The number of likely N-dealkylation sites (tertiary alicyclic amines) is 1. The average molecular weight is 460 g/mol. The summed E-state index contributed by atoms with van der Waals surface area (Å²) in [5.74, 6) is 0.270. The van der Waals surface area contributed by atoms with Gasteiger partial charge in [-0.15, -0.1) is 0 Å². The van der Waals surface area contributed by atoms with Crippen LogP contribution in [0.3, 0.4) is 0 Å². The maximum absolute atomic E-state index is 12.7. The van der Waals surface area contributed by atoms with E-state index in [1.807, 2.05) is 6.26 Å². The lowest BCUT2D eigenvalue weighted by atomic mass is 10.1. The minimum Gasteiger partial charge on any atom is -0.354 e. The van der Waals surface area contributed by atoms with Crippen molar-refractivity contribution in [2.24, 2.45) is 0 Å². The summed E-state index contributed by atoms with van der Waals surface area (Å²) in [6, 6.07) is 4.13. The van der Waals surface area contributed by atoms with Gasteiger partial charge in [0.15, 0.2) is 0 Å². The molecule has 2 N–H and O–H groups in total. The highest BCUT2D eigenvalue weighted by atomic mass is 35.5. The summed E-state index contributed by atoms with van der Waals surface area (Å²) in [6.45, 7) is 3.93. The van der Waals surface area contributed by atoms with Gasteiger partial charge in [-0.3, -0.25) is 9.59 Å². The second-order valence-corrected chi connectivity index (χ2v) is 9.16. The van der Waals surface area contributed by atoms with E-state index in [0.717, 1.165) is 31.8 Å². The van der Waals surface area contributed by atoms with E-state index < -0.39 is 6.04 Å². The van der Waals surface area contributed by atoms with Gasteiger partial charge < -0.3 is 15.5 Å². The summed E-state index contributed by atoms with van der Waals surface area (Å²) in [5.41, 5.74) is 0.319. The van der Waals surface area contributed by atoms with E-state index in [9.17, 15) is 9.59 Å². The van der Waals surface area contributed by atoms with Crippen molar-refractivity contribution in [2.45, 2.75) is 44.6 Å². The lowest BCUT2D eigenvalue weighted by molar-refractivity contribution is -0.123. The van der Waals surface area contributed by atoms with Crippen LogP contribution in [-0.2, 0) is 4.79 Å². The molecule has 0 bridgehead atoms. The predicted molar refractivity (Wildman–Crippen MR) is 123 cm³/mol. The van der Waals surface area contributed by atoms with Crippen molar-refractivity contribution in [1.82, 2.24) is 15.5 Å². The Morgan fingerprint density at radius 2 is 1.90 bits per heavy atom. The van der Waals surface area contributed by atoms with Crippen molar-refractivity contribution in [2.75, 3.05) is 38.2 Å². The minimum absolute atomic E-state index is 0.145. The number of rotatable bonds is 10. The van der Waals surface area contributed by atoms with Crippen LogP contribution in [0.4, 0.5) is 0 Å². The lowest BCUT2D eigenvalue weighted by Gasteiger charge is -2.21. The molecule has 1 fully saturated rings. The molecule has 29 heavy (non-hydrogen) atoms. The van der Waals surface area contributed by atoms with E-state index in [1.54, 1.807) is 23.9 Å². The van der Waals surface area contributed by atoms with Crippen LogP contribution in [-0.4, -0.2) is 60.9 Å². The maximum atomic E-state index is 12.7. The van der Waals surface area contributed by atoms with Crippen molar-refractivity contribution in [3.05, 3.63) is 33.8 Å². The SMILES string of the molecule is CSCCC(NC(=O)c1ccc(Cl)cc1Cl)C(=O)NCCCN1CCCCCC1. The van der Waals surface area contributed by atoms with Crippen LogP contribution in [0.5, 0.6) is 0 Å². The van der Waals surface area contributed by atoms with Gasteiger partial charge >= 0.3 is 0 Å². The Morgan fingerprint density at radius 1 is 1.17 bits per heavy atom. The molecule has 1 aromatic rings. The van der Waals surface area contributed by atoms with Crippen LogP contribution >= 0.6 is 35.0 Å². The molecule has 1 heterocycles. The van der Waals surface area contributed by atoms with Gasteiger partial charge in [-0.1, -0.05) is 36.0 Å². The van der Waals surface area contributed by atoms with Crippen molar-refractivity contribution >= 4 is 46.8 Å². The van der Waals surface area contributed by atoms with Gasteiger partial charge in [-0.25, -0.2) is 0 Å². The van der Waals surface area contributed by atoms with Crippen molar-refractivity contribution in [1.29, 1.82) is 0 Å². The molecule has 0 spiro atoms. The summed E-state index contributed by atoms with van der Waals surface area (Å²) in [5, 5.41) is 6.55. The molecule has 0 saturated carbocycles. The van der Waals surface area contributed by atoms with E-state index in [0.29, 0.717) is 23.6 Å². The molecule has 2 rings (SSSR count). The van der Waals surface area contributed by atoms with Crippen LogP contribution in [0.2, 0.25) is 10.0 Å². The Morgan fingerprint density at radius 3 is 2.55 bits per heavy atom. The third-order valence-corrected chi connectivity index (χ3v) is 6.25. The van der Waals surface area contributed by atoms with Gasteiger partial charge in [0.05, 0.1) is 10.6 Å². The molecule has 0 radical (unpaired) electrons. The van der Waals surface area contributed by atoms with Crippen LogP contribution in [0, 0.1) is 0 Å². The number of thioether (sulfide) groups is 1. The van der Waals surface area contributed by atoms with Gasteiger partial charge in [0, 0.05) is 11.6 Å².